The first-order valence-electron chi connectivity index (χ1n) is 6.08. The smallest absolute Gasteiger partial charge is 0.158 e. The van der Waals surface area contributed by atoms with E-state index in [0.29, 0.717) is 17.1 Å². The van der Waals surface area contributed by atoms with Gasteiger partial charge in [0, 0.05) is 6.42 Å². The number of hydrogen-bond donors (Lipinski definition) is 0. The highest BCUT2D eigenvalue weighted by Gasteiger charge is 2.48. The van der Waals surface area contributed by atoms with Crippen LogP contribution in [0.4, 0.5) is 0 Å². The Morgan fingerprint density at radius 2 is 1.93 bits per heavy atom. The average Bonchev–Trinajstić information content (AvgIpc) is 2.09. The monoisotopic (exact) mass is 206 g/mol. The summed E-state index contributed by atoms with van der Waals surface area (Å²) in [5.41, 5.74) is 1.60. The van der Waals surface area contributed by atoms with Crippen molar-refractivity contribution in [2.24, 2.45) is 16.7 Å². The van der Waals surface area contributed by atoms with Gasteiger partial charge >= 0.3 is 0 Å². The van der Waals surface area contributed by atoms with Crippen LogP contribution >= 0.6 is 0 Å². The molecule has 0 bridgehead atoms. The van der Waals surface area contributed by atoms with Crippen LogP contribution in [0.25, 0.3) is 0 Å². The van der Waals surface area contributed by atoms with Gasteiger partial charge in [-0.3, -0.25) is 4.79 Å². The Morgan fingerprint density at radius 1 is 1.27 bits per heavy atom. The average molecular weight is 206 g/mol. The number of fused-ring (bicyclic) bond motifs is 1. The summed E-state index contributed by atoms with van der Waals surface area (Å²) < 4.78 is 0. The first kappa shape index (κ1) is 10.9. The van der Waals surface area contributed by atoms with Gasteiger partial charge in [0.2, 0.25) is 0 Å². The summed E-state index contributed by atoms with van der Waals surface area (Å²) in [6.45, 7) is 8.98. The lowest BCUT2D eigenvalue weighted by Gasteiger charge is -2.51. The molecule has 15 heavy (non-hydrogen) atoms. The third-order valence-electron chi connectivity index (χ3n) is 4.65. The highest BCUT2D eigenvalue weighted by molar-refractivity contribution is 5.96. The van der Waals surface area contributed by atoms with E-state index in [9.17, 15) is 4.79 Å². The molecular weight excluding hydrogens is 184 g/mol. The number of Topliss-reactive ketones (excluding diaryl/α,β-unsaturated/α-hetero) is 1. The van der Waals surface area contributed by atoms with Gasteiger partial charge in [-0.25, -0.2) is 0 Å². The van der Waals surface area contributed by atoms with Crippen LogP contribution in [0.1, 0.15) is 53.4 Å². The van der Waals surface area contributed by atoms with E-state index in [2.05, 4.69) is 26.8 Å². The summed E-state index contributed by atoms with van der Waals surface area (Å²) in [6, 6.07) is 0. The first-order valence-corrected chi connectivity index (χ1v) is 6.08. The molecule has 0 heterocycles. The summed E-state index contributed by atoms with van der Waals surface area (Å²) >= 11 is 0. The maximum atomic E-state index is 11.8. The van der Waals surface area contributed by atoms with Crippen LogP contribution in [-0.2, 0) is 4.79 Å². The lowest BCUT2D eigenvalue weighted by Crippen LogP contribution is -2.44. The minimum atomic E-state index is 0.278. The van der Waals surface area contributed by atoms with Gasteiger partial charge in [0.25, 0.3) is 0 Å². The topological polar surface area (TPSA) is 17.1 Å². The Kier molecular flexibility index (Phi) is 2.33. The summed E-state index contributed by atoms with van der Waals surface area (Å²) in [5, 5.41) is 0. The zero-order chi connectivity index (χ0) is 11.3. The van der Waals surface area contributed by atoms with Gasteiger partial charge in [-0.1, -0.05) is 33.3 Å². The standard InChI is InChI=1S/C14H22O/c1-10-9-14(4)7-5-6-13(2,3)12(14)8-11(10)15/h9,12H,5-8H2,1-4H3. The lowest BCUT2D eigenvalue weighted by atomic mass is 9.53. The number of allylic oxidation sites excluding steroid dienone is 2. The van der Waals surface area contributed by atoms with Crippen molar-refractivity contribution in [3.8, 4) is 0 Å². The Hall–Kier alpha value is -0.590. The van der Waals surface area contributed by atoms with Crippen LogP contribution in [0.5, 0.6) is 0 Å². The number of rotatable bonds is 0. The van der Waals surface area contributed by atoms with Crippen molar-refractivity contribution in [3.63, 3.8) is 0 Å². The fourth-order valence-corrected chi connectivity index (χ4v) is 3.77. The SMILES string of the molecule is CC1=CC2(C)CCCC(C)(C)C2CC1=O. The molecule has 2 rings (SSSR count). The molecule has 0 saturated heterocycles. The Balaban J connectivity index is 2.41. The summed E-state index contributed by atoms with van der Waals surface area (Å²) in [5.74, 6) is 0.919. The van der Waals surface area contributed by atoms with Crippen molar-refractivity contribution in [3.05, 3.63) is 11.6 Å². The molecule has 0 amide bonds. The zero-order valence-corrected chi connectivity index (χ0v) is 10.4. The minimum Gasteiger partial charge on any atom is -0.295 e. The zero-order valence-electron chi connectivity index (χ0n) is 10.4. The van der Waals surface area contributed by atoms with E-state index in [4.69, 9.17) is 0 Å². The second-order valence-electron chi connectivity index (χ2n) is 6.36. The quantitative estimate of drug-likeness (QED) is 0.590. The number of hydrogen-bond acceptors (Lipinski definition) is 1. The van der Waals surface area contributed by atoms with Gasteiger partial charge in [0.15, 0.2) is 5.78 Å². The van der Waals surface area contributed by atoms with Crippen LogP contribution in [-0.4, -0.2) is 5.78 Å². The maximum Gasteiger partial charge on any atom is 0.158 e. The first-order chi connectivity index (χ1) is 6.85. The Bertz CT molecular complexity index is 324. The summed E-state index contributed by atoms with van der Waals surface area (Å²) in [6.07, 6.45) is 6.85. The Morgan fingerprint density at radius 3 is 2.60 bits per heavy atom. The molecule has 0 aromatic carbocycles. The van der Waals surface area contributed by atoms with E-state index in [1.807, 2.05) is 6.92 Å². The fourth-order valence-electron chi connectivity index (χ4n) is 3.77. The van der Waals surface area contributed by atoms with Gasteiger partial charge in [-0.2, -0.15) is 0 Å². The second-order valence-corrected chi connectivity index (χ2v) is 6.36. The molecule has 1 fully saturated rings. The molecule has 2 atom stereocenters. The normalized spacial score (nSPS) is 39.6. The van der Waals surface area contributed by atoms with E-state index in [0.717, 1.165) is 12.0 Å². The molecule has 0 aliphatic heterocycles. The van der Waals surface area contributed by atoms with Crippen molar-refractivity contribution >= 4 is 5.78 Å². The van der Waals surface area contributed by atoms with Crippen molar-refractivity contribution < 1.29 is 4.79 Å². The van der Waals surface area contributed by atoms with Crippen molar-refractivity contribution in [1.29, 1.82) is 0 Å². The molecule has 2 aliphatic rings. The van der Waals surface area contributed by atoms with Crippen LogP contribution in [0.15, 0.2) is 11.6 Å². The molecule has 0 N–H and O–H groups in total. The molecule has 0 aromatic heterocycles. The molecule has 0 radical (unpaired) electrons. The molecule has 84 valence electrons. The largest absolute Gasteiger partial charge is 0.295 e. The van der Waals surface area contributed by atoms with Crippen LogP contribution < -0.4 is 0 Å². The molecule has 0 spiro atoms. The van der Waals surface area contributed by atoms with Crippen LogP contribution in [0.2, 0.25) is 0 Å². The van der Waals surface area contributed by atoms with Crippen molar-refractivity contribution in [2.45, 2.75) is 53.4 Å². The molecular formula is C14H22O. The van der Waals surface area contributed by atoms with Crippen LogP contribution in [0, 0.1) is 16.7 Å². The Labute approximate surface area is 92.9 Å². The molecule has 2 aliphatic carbocycles. The van der Waals surface area contributed by atoms with Gasteiger partial charge in [0.05, 0.1) is 0 Å². The number of ketones is 1. The predicted octanol–water partition coefficient (Wildman–Crippen LogP) is 3.74. The molecule has 0 aromatic rings. The van der Waals surface area contributed by atoms with Gasteiger partial charge < -0.3 is 0 Å². The lowest BCUT2D eigenvalue weighted by molar-refractivity contribution is -0.121. The highest BCUT2D eigenvalue weighted by atomic mass is 16.1. The molecule has 1 nitrogen and oxygen atoms in total. The van der Waals surface area contributed by atoms with E-state index < -0.39 is 0 Å². The second kappa shape index (κ2) is 3.20. The highest BCUT2D eigenvalue weighted by Crippen LogP contribution is 2.55. The molecule has 1 heteroatoms. The van der Waals surface area contributed by atoms with Gasteiger partial charge in [-0.15, -0.1) is 0 Å². The third kappa shape index (κ3) is 1.66. The van der Waals surface area contributed by atoms with E-state index >= 15 is 0 Å². The number of carbonyl (C=O) groups is 1. The van der Waals surface area contributed by atoms with E-state index in [-0.39, 0.29) is 5.41 Å². The van der Waals surface area contributed by atoms with E-state index in [1.165, 1.54) is 19.3 Å². The van der Waals surface area contributed by atoms with Gasteiger partial charge in [0.1, 0.15) is 0 Å². The molecule has 2 unspecified atom stereocenters. The fraction of sp³-hybridized carbons (Fsp3) is 0.786. The minimum absolute atomic E-state index is 0.278. The number of carbonyl (C=O) groups excluding carboxylic acids is 1. The summed E-state index contributed by atoms with van der Waals surface area (Å²) in [4.78, 5) is 11.8. The predicted molar refractivity (Wildman–Crippen MR) is 62.6 cm³/mol. The summed E-state index contributed by atoms with van der Waals surface area (Å²) in [7, 11) is 0. The third-order valence-corrected chi connectivity index (χ3v) is 4.65. The van der Waals surface area contributed by atoms with Crippen molar-refractivity contribution in [1.82, 2.24) is 0 Å². The van der Waals surface area contributed by atoms with Crippen LogP contribution in [0.3, 0.4) is 0 Å². The van der Waals surface area contributed by atoms with E-state index in [1.54, 1.807) is 0 Å². The van der Waals surface area contributed by atoms with Gasteiger partial charge in [-0.05, 0) is 42.1 Å². The van der Waals surface area contributed by atoms with Crippen molar-refractivity contribution in [2.75, 3.05) is 0 Å². The molecule has 1 saturated carbocycles. The maximum absolute atomic E-state index is 11.8.